The minimum atomic E-state index is -0.495. The zero-order valence-corrected chi connectivity index (χ0v) is 15.7. The van der Waals surface area contributed by atoms with E-state index in [2.05, 4.69) is 0 Å². The van der Waals surface area contributed by atoms with Crippen LogP contribution in [-0.4, -0.2) is 33.4 Å². The zero-order valence-electron chi connectivity index (χ0n) is 15.0. The molecule has 0 radical (unpaired) electrons. The summed E-state index contributed by atoms with van der Waals surface area (Å²) in [5, 5.41) is 0.426. The molecule has 1 aliphatic heterocycles. The monoisotopic (exact) mass is 390 g/mol. The fraction of sp³-hybridized carbons (Fsp3) is 0.250. The second-order valence-corrected chi connectivity index (χ2v) is 6.06. The molecule has 0 unspecified atom stereocenters. The molecule has 2 aromatic carbocycles. The molecule has 0 N–H and O–H groups in total. The Kier molecular flexibility index (Phi) is 6.08. The molecule has 2 aromatic rings. The number of carbonyl (C=O) groups is 1. The molecule has 0 saturated carbocycles. The van der Waals surface area contributed by atoms with Crippen molar-refractivity contribution < 1.29 is 28.5 Å². The van der Waals surface area contributed by atoms with Crippen LogP contribution in [0, 0.1) is 0 Å². The van der Waals surface area contributed by atoms with E-state index in [1.807, 2.05) is 0 Å². The van der Waals surface area contributed by atoms with E-state index in [4.69, 9.17) is 35.3 Å². The lowest BCUT2D eigenvalue weighted by atomic mass is 10.1. The fourth-order valence-corrected chi connectivity index (χ4v) is 2.87. The molecule has 7 heteroatoms. The van der Waals surface area contributed by atoms with E-state index in [1.54, 1.807) is 50.6 Å². The lowest BCUT2D eigenvalue weighted by Crippen LogP contribution is -2.16. The molecule has 3 rings (SSSR count). The van der Waals surface area contributed by atoms with E-state index in [0.29, 0.717) is 52.4 Å². The summed E-state index contributed by atoms with van der Waals surface area (Å²) in [6.45, 7) is 0.978. The number of ether oxygens (including phenoxy) is 5. The van der Waals surface area contributed by atoms with Gasteiger partial charge in [0.05, 0.1) is 19.2 Å². The van der Waals surface area contributed by atoms with Crippen molar-refractivity contribution >= 4 is 23.6 Å². The average Bonchev–Trinajstić information content (AvgIpc) is 2.70. The largest absolute Gasteiger partial charge is 0.497 e. The highest BCUT2D eigenvalue weighted by atomic mass is 35.5. The van der Waals surface area contributed by atoms with Gasteiger partial charge >= 0.3 is 5.97 Å². The van der Waals surface area contributed by atoms with Crippen LogP contribution in [0.5, 0.6) is 23.0 Å². The van der Waals surface area contributed by atoms with Crippen LogP contribution in [0.15, 0.2) is 36.4 Å². The Hall–Kier alpha value is -2.86. The number of hydrogen-bond acceptors (Lipinski definition) is 6. The molecule has 142 valence electrons. The third-order valence-corrected chi connectivity index (χ3v) is 4.15. The summed E-state index contributed by atoms with van der Waals surface area (Å²) in [7, 11) is 3.13. The quantitative estimate of drug-likeness (QED) is 0.551. The third kappa shape index (κ3) is 4.65. The Morgan fingerprint density at radius 1 is 1.15 bits per heavy atom. The van der Waals surface area contributed by atoms with Gasteiger partial charge in [0.2, 0.25) is 0 Å². The summed E-state index contributed by atoms with van der Waals surface area (Å²) in [5.41, 5.74) is 1.42. The SMILES string of the molecule is COc1ccc(OC)c(/C=C/C(=O)OCc2cc(Cl)c3c(c2)OCCO3)c1. The van der Waals surface area contributed by atoms with Gasteiger partial charge in [-0.25, -0.2) is 4.79 Å². The molecule has 1 heterocycles. The average molecular weight is 391 g/mol. The topological polar surface area (TPSA) is 63.2 Å². The minimum Gasteiger partial charge on any atom is -0.497 e. The Labute approximate surface area is 162 Å². The number of esters is 1. The van der Waals surface area contributed by atoms with Crippen LogP contribution in [0.1, 0.15) is 11.1 Å². The fourth-order valence-electron chi connectivity index (χ4n) is 2.58. The predicted octanol–water partition coefficient (Wildman–Crippen LogP) is 3.89. The predicted molar refractivity (Wildman–Crippen MR) is 101 cm³/mol. The van der Waals surface area contributed by atoms with E-state index in [-0.39, 0.29) is 6.61 Å². The van der Waals surface area contributed by atoms with Crippen LogP contribution in [0.25, 0.3) is 6.08 Å². The highest BCUT2D eigenvalue weighted by Crippen LogP contribution is 2.38. The van der Waals surface area contributed by atoms with Crippen molar-refractivity contribution in [3.05, 3.63) is 52.6 Å². The number of benzene rings is 2. The second-order valence-electron chi connectivity index (χ2n) is 5.65. The number of halogens is 1. The van der Waals surface area contributed by atoms with Crippen molar-refractivity contribution in [1.29, 1.82) is 0 Å². The number of fused-ring (bicyclic) bond motifs is 1. The van der Waals surface area contributed by atoms with Crippen molar-refractivity contribution in [2.45, 2.75) is 6.61 Å². The standard InChI is InChI=1S/C20H19ClO6/c1-23-15-4-5-17(24-2)14(11-15)3-6-19(22)27-12-13-9-16(21)20-18(10-13)25-7-8-26-20/h3-6,9-11H,7-8,12H2,1-2H3/b6-3+. The maximum atomic E-state index is 12.0. The van der Waals surface area contributed by atoms with Crippen molar-refractivity contribution in [1.82, 2.24) is 0 Å². The molecule has 6 nitrogen and oxygen atoms in total. The molecule has 0 amide bonds. The van der Waals surface area contributed by atoms with Gasteiger partial charge in [0.25, 0.3) is 0 Å². The molecule has 0 bridgehead atoms. The van der Waals surface area contributed by atoms with Crippen molar-refractivity contribution in [2.75, 3.05) is 27.4 Å². The molecule has 0 saturated heterocycles. The molecule has 27 heavy (non-hydrogen) atoms. The molecular weight excluding hydrogens is 372 g/mol. The van der Waals surface area contributed by atoms with E-state index in [0.717, 1.165) is 0 Å². The molecule has 0 spiro atoms. The minimum absolute atomic E-state index is 0.0643. The summed E-state index contributed by atoms with van der Waals surface area (Å²) in [5.74, 6) is 1.86. The number of hydrogen-bond donors (Lipinski definition) is 0. The summed E-state index contributed by atoms with van der Waals surface area (Å²) < 4.78 is 26.7. The van der Waals surface area contributed by atoms with Gasteiger partial charge in [-0.05, 0) is 42.0 Å². The van der Waals surface area contributed by atoms with Gasteiger partial charge in [-0.15, -0.1) is 0 Å². The Balaban J connectivity index is 1.65. The molecule has 0 aliphatic carbocycles. The van der Waals surface area contributed by atoms with Gasteiger partial charge in [0.1, 0.15) is 31.3 Å². The van der Waals surface area contributed by atoms with Crippen molar-refractivity contribution in [3.8, 4) is 23.0 Å². The van der Waals surface area contributed by atoms with Crippen LogP contribution in [-0.2, 0) is 16.1 Å². The molecule has 0 aromatic heterocycles. The van der Waals surface area contributed by atoms with E-state index < -0.39 is 5.97 Å². The van der Waals surface area contributed by atoms with Crippen LogP contribution >= 0.6 is 11.6 Å². The first-order chi connectivity index (χ1) is 13.1. The Morgan fingerprint density at radius 2 is 1.96 bits per heavy atom. The van der Waals surface area contributed by atoms with Gasteiger partial charge in [-0.2, -0.15) is 0 Å². The van der Waals surface area contributed by atoms with Gasteiger partial charge < -0.3 is 23.7 Å². The molecule has 0 fully saturated rings. The van der Waals surface area contributed by atoms with Crippen molar-refractivity contribution in [2.24, 2.45) is 0 Å². The van der Waals surface area contributed by atoms with Gasteiger partial charge in [-0.3, -0.25) is 0 Å². The Bertz CT molecular complexity index is 862. The maximum absolute atomic E-state index is 12.0. The first kappa shape index (κ1) is 18.9. The summed E-state index contributed by atoms with van der Waals surface area (Å²) >= 11 is 6.18. The number of methoxy groups -OCH3 is 2. The van der Waals surface area contributed by atoms with Crippen LogP contribution in [0.3, 0.4) is 0 Å². The molecule has 1 aliphatic rings. The van der Waals surface area contributed by atoms with Crippen LogP contribution in [0.4, 0.5) is 0 Å². The molecular formula is C20H19ClO6. The van der Waals surface area contributed by atoms with Gasteiger partial charge in [0, 0.05) is 11.6 Å². The van der Waals surface area contributed by atoms with E-state index >= 15 is 0 Å². The Morgan fingerprint density at radius 3 is 2.74 bits per heavy atom. The third-order valence-electron chi connectivity index (χ3n) is 3.87. The highest BCUT2D eigenvalue weighted by Gasteiger charge is 2.17. The van der Waals surface area contributed by atoms with Crippen molar-refractivity contribution in [3.63, 3.8) is 0 Å². The summed E-state index contributed by atoms with van der Waals surface area (Å²) in [6, 6.07) is 8.75. The first-order valence-corrected chi connectivity index (χ1v) is 8.63. The lowest BCUT2D eigenvalue weighted by molar-refractivity contribution is -0.138. The van der Waals surface area contributed by atoms with Gasteiger partial charge in [0.15, 0.2) is 11.5 Å². The first-order valence-electron chi connectivity index (χ1n) is 8.25. The van der Waals surface area contributed by atoms with E-state index in [1.165, 1.54) is 6.08 Å². The smallest absolute Gasteiger partial charge is 0.331 e. The summed E-state index contributed by atoms with van der Waals surface area (Å²) in [6.07, 6.45) is 2.94. The zero-order chi connectivity index (χ0) is 19.2. The highest BCUT2D eigenvalue weighted by molar-refractivity contribution is 6.32. The van der Waals surface area contributed by atoms with Crippen LogP contribution < -0.4 is 18.9 Å². The normalized spacial score (nSPS) is 12.7. The second kappa shape index (κ2) is 8.68. The molecule has 0 atom stereocenters. The van der Waals surface area contributed by atoms with E-state index in [9.17, 15) is 4.79 Å². The lowest BCUT2D eigenvalue weighted by Gasteiger charge is -2.20. The summed E-state index contributed by atoms with van der Waals surface area (Å²) in [4.78, 5) is 12.0. The van der Waals surface area contributed by atoms with Gasteiger partial charge in [-0.1, -0.05) is 11.6 Å². The van der Waals surface area contributed by atoms with Crippen LogP contribution in [0.2, 0.25) is 5.02 Å². The number of carbonyl (C=O) groups excluding carboxylic acids is 1. The maximum Gasteiger partial charge on any atom is 0.331 e. The number of rotatable bonds is 6.